The van der Waals surface area contributed by atoms with Gasteiger partial charge in [0, 0.05) is 37.2 Å². The average molecular weight is 307 g/mol. The van der Waals surface area contributed by atoms with Gasteiger partial charge in [0.1, 0.15) is 5.76 Å². The molecule has 0 spiro atoms. The largest absolute Gasteiger partial charge is 0.361 e. The molecule has 0 saturated carbocycles. The van der Waals surface area contributed by atoms with Crippen LogP contribution >= 0.6 is 0 Å². The Morgan fingerprint density at radius 2 is 1.86 bits per heavy atom. The number of hydrogen-bond donors (Lipinski definition) is 1. The van der Waals surface area contributed by atoms with Crippen molar-refractivity contribution in [2.24, 2.45) is 0 Å². The van der Waals surface area contributed by atoms with E-state index in [1.165, 1.54) is 12.8 Å². The highest BCUT2D eigenvalue weighted by atomic mass is 16.5. The van der Waals surface area contributed by atoms with E-state index >= 15 is 0 Å². The summed E-state index contributed by atoms with van der Waals surface area (Å²) in [6, 6.07) is 0.276. The maximum Gasteiger partial charge on any atom is 0.224 e. The predicted octanol–water partition coefficient (Wildman–Crippen LogP) is 3.12. The Morgan fingerprint density at radius 1 is 1.23 bits per heavy atom. The predicted molar refractivity (Wildman–Crippen MR) is 86.7 cm³/mol. The van der Waals surface area contributed by atoms with Crippen molar-refractivity contribution in [2.45, 2.75) is 71.9 Å². The van der Waals surface area contributed by atoms with Gasteiger partial charge in [-0.25, -0.2) is 0 Å². The summed E-state index contributed by atoms with van der Waals surface area (Å²) in [5, 5.41) is 7.50. The Labute approximate surface area is 133 Å². The maximum absolute atomic E-state index is 12.4. The lowest BCUT2D eigenvalue weighted by Gasteiger charge is -2.24. The Balaban J connectivity index is 1.86. The van der Waals surface area contributed by atoms with Gasteiger partial charge in [0.2, 0.25) is 5.91 Å². The maximum atomic E-state index is 12.4. The highest BCUT2D eigenvalue weighted by Gasteiger charge is 2.21. The van der Waals surface area contributed by atoms with Crippen LogP contribution in [0.15, 0.2) is 4.52 Å². The van der Waals surface area contributed by atoms with Gasteiger partial charge in [-0.05, 0) is 40.5 Å². The van der Waals surface area contributed by atoms with Crippen molar-refractivity contribution in [3.63, 3.8) is 0 Å². The summed E-state index contributed by atoms with van der Waals surface area (Å²) < 4.78 is 5.22. The zero-order valence-corrected chi connectivity index (χ0v) is 14.3. The van der Waals surface area contributed by atoms with Gasteiger partial charge in [0.05, 0.1) is 5.69 Å². The molecule has 5 nitrogen and oxygen atoms in total. The summed E-state index contributed by atoms with van der Waals surface area (Å²) in [5.41, 5.74) is 2.03. The number of nitrogens with zero attached hydrogens (tertiary/aromatic N) is 2. The van der Waals surface area contributed by atoms with E-state index in [4.69, 9.17) is 4.52 Å². The van der Waals surface area contributed by atoms with Crippen LogP contribution in [0.4, 0.5) is 0 Å². The van der Waals surface area contributed by atoms with Gasteiger partial charge in [-0.15, -0.1) is 0 Å². The van der Waals surface area contributed by atoms with Crippen molar-refractivity contribution in [3.8, 4) is 0 Å². The molecule has 2 rings (SSSR count). The summed E-state index contributed by atoms with van der Waals surface area (Å²) in [5.74, 6) is 1.12. The molecular formula is C17H29N3O2. The van der Waals surface area contributed by atoms with Crippen LogP contribution in [0.25, 0.3) is 0 Å². The molecule has 1 fully saturated rings. The fraction of sp³-hybridized carbons (Fsp3) is 0.765. The van der Waals surface area contributed by atoms with Crippen LogP contribution < -0.4 is 5.32 Å². The number of aryl methyl sites for hydroxylation is 2. The Morgan fingerprint density at radius 3 is 2.41 bits per heavy atom. The lowest BCUT2D eigenvalue weighted by atomic mass is 10.1. The minimum absolute atomic E-state index is 0.137. The van der Waals surface area contributed by atoms with E-state index in [1.807, 2.05) is 18.7 Å². The number of amides is 1. The molecule has 22 heavy (non-hydrogen) atoms. The zero-order valence-electron chi connectivity index (χ0n) is 14.3. The first-order valence-corrected chi connectivity index (χ1v) is 8.45. The summed E-state index contributed by atoms with van der Waals surface area (Å²) in [6.07, 6.45) is 5.33. The fourth-order valence-corrected chi connectivity index (χ4v) is 3.39. The molecule has 0 bridgehead atoms. The summed E-state index contributed by atoms with van der Waals surface area (Å²) in [6.45, 7) is 9.90. The molecule has 1 saturated heterocycles. The monoisotopic (exact) mass is 307 g/mol. The third-order valence-corrected chi connectivity index (χ3v) is 4.50. The molecule has 1 aromatic heterocycles. The fourth-order valence-electron chi connectivity index (χ4n) is 3.39. The molecule has 0 aromatic carbocycles. The van der Waals surface area contributed by atoms with Gasteiger partial charge < -0.3 is 14.7 Å². The third kappa shape index (κ3) is 4.32. The van der Waals surface area contributed by atoms with E-state index in [-0.39, 0.29) is 18.0 Å². The number of nitrogens with one attached hydrogen (secondary N) is 1. The van der Waals surface area contributed by atoms with Crippen LogP contribution in [-0.2, 0) is 4.79 Å². The first-order chi connectivity index (χ1) is 10.5. The zero-order chi connectivity index (χ0) is 16.1. The smallest absolute Gasteiger partial charge is 0.224 e. The Bertz CT molecular complexity index is 471. The van der Waals surface area contributed by atoms with E-state index < -0.39 is 0 Å². The molecule has 0 aliphatic carbocycles. The molecule has 1 aliphatic heterocycles. The van der Waals surface area contributed by atoms with Crippen LogP contribution in [0.2, 0.25) is 0 Å². The lowest BCUT2D eigenvalue weighted by Crippen LogP contribution is -2.38. The quantitative estimate of drug-likeness (QED) is 0.908. The van der Waals surface area contributed by atoms with Crippen molar-refractivity contribution < 1.29 is 9.32 Å². The van der Waals surface area contributed by atoms with E-state index in [1.54, 1.807) is 0 Å². The standard InChI is InChI=1S/C17H29N3O2/c1-12(11-16(21)20-9-7-5-6-8-10-20)18-13(2)17-14(3)19-22-15(17)4/h12-13,18H,5-11H2,1-4H3/t12-,13+/m0/s1. The molecule has 5 heteroatoms. The van der Waals surface area contributed by atoms with Gasteiger partial charge in [0.15, 0.2) is 0 Å². The molecule has 0 unspecified atom stereocenters. The van der Waals surface area contributed by atoms with E-state index in [2.05, 4.69) is 24.3 Å². The minimum atomic E-state index is 0.137. The van der Waals surface area contributed by atoms with Gasteiger partial charge >= 0.3 is 0 Å². The molecule has 2 atom stereocenters. The van der Waals surface area contributed by atoms with Gasteiger partial charge in [-0.1, -0.05) is 18.0 Å². The topological polar surface area (TPSA) is 58.4 Å². The first kappa shape index (κ1) is 17.0. The van der Waals surface area contributed by atoms with Crippen LogP contribution in [0.5, 0.6) is 0 Å². The van der Waals surface area contributed by atoms with Crippen molar-refractivity contribution >= 4 is 5.91 Å². The van der Waals surface area contributed by atoms with Crippen LogP contribution in [-0.4, -0.2) is 35.1 Å². The highest BCUT2D eigenvalue weighted by molar-refractivity contribution is 5.76. The van der Waals surface area contributed by atoms with Crippen molar-refractivity contribution in [2.75, 3.05) is 13.1 Å². The number of carbonyl (C=O) groups is 1. The van der Waals surface area contributed by atoms with Crippen LogP contribution in [0.1, 0.15) is 69.0 Å². The molecule has 1 aromatic rings. The normalized spacial score (nSPS) is 18.8. The van der Waals surface area contributed by atoms with Crippen LogP contribution in [0, 0.1) is 13.8 Å². The summed E-state index contributed by atoms with van der Waals surface area (Å²) >= 11 is 0. The molecule has 1 N–H and O–H groups in total. The second kappa shape index (κ2) is 7.77. The number of aromatic nitrogens is 1. The molecule has 2 heterocycles. The number of likely N-dealkylation sites (tertiary alicyclic amines) is 1. The molecular weight excluding hydrogens is 278 g/mol. The molecule has 0 radical (unpaired) electrons. The second-order valence-electron chi connectivity index (χ2n) is 6.53. The van der Waals surface area contributed by atoms with Crippen LogP contribution in [0.3, 0.4) is 0 Å². The van der Waals surface area contributed by atoms with E-state index in [9.17, 15) is 4.79 Å². The summed E-state index contributed by atoms with van der Waals surface area (Å²) in [7, 11) is 0. The Hall–Kier alpha value is -1.36. The lowest BCUT2D eigenvalue weighted by molar-refractivity contribution is -0.131. The van der Waals surface area contributed by atoms with Crippen molar-refractivity contribution in [1.82, 2.24) is 15.4 Å². The molecule has 124 valence electrons. The average Bonchev–Trinajstić information content (AvgIpc) is 2.68. The van der Waals surface area contributed by atoms with Gasteiger partial charge in [-0.3, -0.25) is 4.79 Å². The van der Waals surface area contributed by atoms with Crippen molar-refractivity contribution in [3.05, 3.63) is 17.0 Å². The number of rotatable bonds is 5. The SMILES string of the molecule is Cc1noc(C)c1[C@@H](C)N[C@@H](C)CC(=O)N1CCCCCC1. The second-order valence-corrected chi connectivity index (χ2v) is 6.53. The van der Waals surface area contributed by atoms with Crippen molar-refractivity contribution in [1.29, 1.82) is 0 Å². The van der Waals surface area contributed by atoms with E-state index in [0.717, 1.165) is 42.9 Å². The van der Waals surface area contributed by atoms with E-state index in [0.29, 0.717) is 6.42 Å². The first-order valence-electron chi connectivity index (χ1n) is 8.45. The third-order valence-electron chi connectivity index (χ3n) is 4.50. The Kier molecular flexibility index (Phi) is 6.00. The summed E-state index contributed by atoms with van der Waals surface area (Å²) in [4.78, 5) is 14.5. The van der Waals surface area contributed by atoms with Gasteiger partial charge in [-0.2, -0.15) is 0 Å². The highest BCUT2D eigenvalue weighted by Crippen LogP contribution is 2.21. The minimum Gasteiger partial charge on any atom is -0.361 e. The van der Waals surface area contributed by atoms with Gasteiger partial charge in [0.25, 0.3) is 0 Å². The molecule has 1 amide bonds. The number of carbonyl (C=O) groups excluding carboxylic acids is 1. The molecule has 1 aliphatic rings. The number of hydrogen-bond acceptors (Lipinski definition) is 4.